The molecule has 2 saturated heterocycles. The van der Waals surface area contributed by atoms with Gasteiger partial charge in [0.05, 0.1) is 17.7 Å². The van der Waals surface area contributed by atoms with E-state index in [1.807, 2.05) is 12.1 Å². The maximum absolute atomic E-state index is 13.1. The highest BCUT2D eigenvalue weighted by Gasteiger charge is 2.44. The minimum atomic E-state index is -0.963. The van der Waals surface area contributed by atoms with Crippen LogP contribution in [0.5, 0.6) is 11.5 Å². The fourth-order valence-electron chi connectivity index (χ4n) is 8.37. The third-order valence-corrected chi connectivity index (χ3v) is 11.3. The Morgan fingerprint density at radius 3 is 2.33 bits per heavy atom. The highest BCUT2D eigenvalue weighted by atomic mass is 16.5. The van der Waals surface area contributed by atoms with Gasteiger partial charge in [0.2, 0.25) is 11.8 Å². The molecular weight excluding hydrogens is 683 g/mol. The van der Waals surface area contributed by atoms with Crippen LogP contribution in [0.2, 0.25) is 0 Å². The van der Waals surface area contributed by atoms with E-state index < -0.39 is 23.8 Å². The van der Waals surface area contributed by atoms with E-state index in [2.05, 4.69) is 69.0 Å². The number of nitrogens with one attached hydrogen (secondary N) is 2. The third kappa shape index (κ3) is 7.15. The van der Waals surface area contributed by atoms with Crippen LogP contribution < -0.4 is 20.3 Å². The number of benzene rings is 4. The number of hydrogen-bond acceptors (Lipinski definition) is 9. The van der Waals surface area contributed by atoms with Crippen molar-refractivity contribution < 1.29 is 29.0 Å². The number of piperazine rings is 1. The fraction of sp³-hybridized carbons (Fsp3) is 0.349. The lowest BCUT2D eigenvalue weighted by molar-refractivity contribution is -0.136. The van der Waals surface area contributed by atoms with E-state index in [0.29, 0.717) is 6.61 Å². The van der Waals surface area contributed by atoms with Crippen molar-refractivity contribution in [1.82, 2.24) is 15.1 Å². The average Bonchev–Trinajstić information content (AvgIpc) is 3.44. The number of piperidine rings is 1. The van der Waals surface area contributed by atoms with Gasteiger partial charge in [-0.1, -0.05) is 55.0 Å². The van der Waals surface area contributed by atoms with E-state index in [1.54, 1.807) is 30.3 Å². The molecule has 4 aromatic rings. The number of fused-ring (bicyclic) bond motifs is 2. The van der Waals surface area contributed by atoms with Crippen LogP contribution in [0, 0.1) is 0 Å². The predicted molar refractivity (Wildman–Crippen MR) is 205 cm³/mol. The predicted octanol–water partition coefficient (Wildman–Crippen LogP) is 5.51. The Balaban J connectivity index is 0.788. The number of phenols is 1. The van der Waals surface area contributed by atoms with Crippen LogP contribution in [0.3, 0.4) is 0 Å². The van der Waals surface area contributed by atoms with Crippen molar-refractivity contribution in [3.05, 3.63) is 119 Å². The van der Waals surface area contributed by atoms with E-state index in [4.69, 9.17) is 4.74 Å². The molecule has 3 N–H and O–H groups in total. The number of rotatable bonds is 11. The highest BCUT2D eigenvalue weighted by molar-refractivity contribution is 6.23. The van der Waals surface area contributed by atoms with Crippen molar-refractivity contribution in [2.75, 3.05) is 56.1 Å². The number of anilines is 2. The Hall–Kier alpha value is -5.68. The Morgan fingerprint density at radius 1 is 0.778 bits per heavy atom. The van der Waals surface area contributed by atoms with Crippen molar-refractivity contribution >= 4 is 35.0 Å². The first-order chi connectivity index (χ1) is 26.3. The highest BCUT2D eigenvalue weighted by Crippen LogP contribution is 2.47. The van der Waals surface area contributed by atoms with Gasteiger partial charge in [0.1, 0.15) is 17.5 Å². The van der Waals surface area contributed by atoms with Gasteiger partial charge in [-0.3, -0.25) is 34.3 Å². The van der Waals surface area contributed by atoms with E-state index in [1.165, 1.54) is 16.8 Å². The van der Waals surface area contributed by atoms with Gasteiger partial charge in [0.15, 0.2) is 0 Å². The van der Waals surface area contributed by atoms with Gasteiger partial charge >= 0.3 is 0 Å². The Labute approximate surface area is 314 Å². The summed E-state index contributed by atoms with van der Waals surface area (Å²) >= 11 is 0. The summed E-state index contributed by atoms with van der Waals surface area (Å²) in [5.74, 6) is -0.722. The maximum atomic E-state index is 13.1. The van der Waals surface area contributed by atoms with E-state index in [0.717, 1.165) is 80.4 Å². The normalized spacial score (nSPS) is 21.4. The van der Waals surface area contributed by atoms with Crippen molar-refractivity contribution in [3.63, 3.8) is 0 Å². The van der Waals surface area contributed by atoms with Gasteiger partial charge in [-0.25, -0.2) is 0 Å². The smallest absolute Gasteiger partial charge is 0.262 e. The van der Waals surface area contributed by atoms with Crippen LogP contribution in [0.1, 0.15) is 81.3 Å². The van der Waals surface area contributed by atoms with Crippen LogP contribution in [-0.4, -0.2) is 90.5 Å². The minimum absolute atomic E-state index is 0.0974. The molecule has 54 heavy (non-hydrogen) atoms. The molecule has 0 aromatic heterocycles. The summed E-state index contributed by atoms with van der Waals surface area (Å²) in [6.45, 7) is 6.35. The molecule has 0 aliphatic carbocycles. The Morgan fingerprint density at radius 2 is 1.56 bits per heavy atom. The van der Waals surface area contributed by atoms with E-state index >= 15 is 0 Å². The zero-order chi connectivity index (χ0) is 37.2. The molecule has 278 valence electrons. The number of carbonyl (C=O) groups is 4. The molecule has 0 radical (unpaired) electrons. The molecule has 11 nitrogen and oxygen atoms in total. The maximum Gasteiger partial charge on any atom is 0.262 e. The Bertz CT molecular complexity index is 2050. The zero-order valence-corrected chi connectivity index (χ0v) is 30.2. The average molecular weight is 728 g/mol. The first-order valence-corrected chi connectivity index (χ1v) is 19.0. The van der Waals surface area contributed by atoms with Gasteiger partial charge in [-0.05, 0) is 73.3 Å². The second-order valence-electron chi connectivity index (χ2n) is 14.6. The van der Waals surface area contributed by atoms with E-state index in [9.17, 15) is 24.3 Å². The van der Waals surface area contributed by atoms with Crippen LogP contribution in [0.4, 0.5) is 11.4 Å². The number of amides is 4. The summed E-state index contributed by atoms with van der Waals surface area (Å²) in [5.41, 5.74) is 6.16. The van der Waals surface area contributed by atoms with Gasteiger partial charge in [-0.15, -0.1) is 0 Å². The molecule has 11 heteroatoms. The summed E-state index contributed by atoms with van der Waals surface area (Å²) < 4.78 is 6.15. The molecule has 0 bridgehead atoms. The summed E-state index contributed by atoms with van der Waals surface area (Å²) in [5, 5.41) is 15.7. The molecular formula is C43H45N5O6. The molecule has 4 aliphatic heterocycles. The van der Waals surface area contributed by atoms with Crippen LogP contribution in [-0.2, 0) is 9.59 Å². The number of nitrogens with zero attached hydrogens (tertiary/aromatic N) is 3. The number of hydrogen-bond donors (Lipinski definition) is 3. The van der Waals surface area contributed by atoms with E-state index in [-0.39, 0.29) is 47.5 Å². The van der Waals surface area contributed by atoms with Crippen LogP contribution in [0.15, 0.2) is 91.0 Å². The molecule has 4 heterocycles. The second kappa shape index (κ2) is 15.4. The molecule has 0 spiro atoms. The number of aromatic hydroxyl groups is 1. The number of unbranched alkanes of at least 4 members (excludes halogenated alkanes) is 2. The first-order valence-electron chi connectivity index (χ1n) is 19.0. The summed E-state index contributed by atoms with van der Waals surface area (Å²) in [6.07, 6.45) is 3.38. The molecule has 4 amide bonds. The summed E-state index contributed by atoms with van der Waals surface area (Å²) in [6, 6.07) is 29.2. The SMILES string of the molecule is O=C1CCC(N2C(=O)c3ccc(NCCCCCN4CCN(c5ccc([C@@H]6c7ccc(O)cc7OCC6c6ccccc6)cc5)CC4)cc3C2=O)C(=O)N1. The number of carbonyl (C=O) groups excluding carboxylic acids is 4. The molecule has 0 saturated carbocycles. The summed E-state index contributed by atoms with van der Waals surface area (Å²) in [4.78, 5) is 56.0. The fourth-order valence-corrected chi connectivity index (χ4v) is 8.37. The van der Waals surface area contributed by atoms with Crippen molar-refractivity contribution in [3.8, 4) is 11.5 Å². The lowest BCUT2D eigenvalue weighted by atomic mass is 9.76. The topological polar surface area (TPSA) is 132 Å². The number of imide groups is 2. The summed E-state index contributed by atoms with van der Waals surface area (Å²) in [7, 11) is 0. The monoisotopic (exact) mass is 727 g/mol. The van der Waals surface area contributed by atoms with Gasteiger partial charge in [0.25, 0.3) is 11.8 Å². The molecule has 4 aromatic carbocycles. The van der Waals surface area contributed by atoms with Crippen molar-refractivity contribution in [2.24, 2.45) is 0 Å². The molecule has 8 rings (SSSR count). The standard InChI is InChI=1S/C43H45N5O6/c49-32-14-16-34-38(26-32)54-27-36(28-7-3-1-4-8-28)40(34)29-9-12-31(13-10-29)47-23-21-46(22-24-47)20-6-2-5-19-44-30-11-15-33-35(25-30)43(53)48(42(33)52)37-17-18-39(50)45-41(37)51/h1,3-4,7-16,25-26,36-37,40,44,49H,2,5-6,17-24,27H2,(H,45,50,51)/t36?,37?,40-/m1/s1. The molecule has 2 fully saturated rings. The lowest BCUT2D eigenvalue weighted by Gasteiger charge is -2.37. The second-order valence-corrected chi connectivity index (χ2v) is 14.6. The quantitative estimate of drug-likeness (QED) is 0.135. The Kier molecular flexibility index (Phi) is 10.1. The number of phenolic OH excluding ortho intramolecular Hbond substituents is 1. The molecule has 4 aliphatic rings. The van der Waals surface area contributed by atoms with Gasteiger partial charge in [-0.2, -0.15) is 0 Å². The number of ether oxygens (including phenoxy) is 1. The largest absolute Gasteiger partial charge is 0.508 e. The van der Waals surface area contributed by atoms with Crippen molar-refractivity contribution in [1.29, 1.82) is 0 Å². The van der Waals surface area contributed by atoms with Crippen molar-refractivity contribution in [2.45, 2.75) is 50.0 Å². The first kappa shape index (κ1) is 35.4. The van der Waals surface area contributed by atoms with Crippen LogP contribution in [0.25, 0.3) is 0 Å². The van der Waals surface area contributed by atoms with Gasteiger partial charge in [0, 0.05) is 74.0 Å². The van der Waals surface area contributed by atoms with Gasteiger partial charge < -0.3 is 20.1 Å². The minimum Gasteiger partial charge on any atom is -0.508 e. The third-order valence-electron chi connectivity index (χ3n) is 11.3. The molecule has 3 atom stereocenters. The zero-order valence-electron chi connectivity index (χ0n) is 30.2. The molecule has 2 unspecified atom stereocenters. The lowest BCUT2D eigenvalue weighted by Crippen LogP contribution is -2.54. The van der Waals surface area contributed by atoms with Crippen LogP contribution >= 0.6 is 0 Å².